The molecule has 0 saturated carbocycles. The van der Waals surface area contributed by atoms with Crippen molar-refractivity contribution < 1.29 is 9.53 Å². The molecule has 0 aliphatic heterocycles. The lowest BCUT2D eigenvalue weighted by atomic mass is 9.87. The summed E-state index contributed by atoms with van der Waals surface area (Å²) in [5, 5.41) is 3.42. The first-order valence-electron chi connectivity index (χ1n) is 8.13. The molecule has 3 nitrogen and oxygen atoms in total. The predicted octanol–water partition coefficient (Wildman–Crippen LogP) is 5.43. The zero-order chi connectivity index (χ0) is 17.7. The highest BCUT2D eigenvalue weighted by Gasteiger charge is 2.19. The highest BCUT2D eigenvalue weighted by molar-refractivity contribution is 6.30. The van der Waals surface area contributed by atoms with Crippen LogP contribution in [0.2, 0.25) is 5.02 Å². The fourth-order valence-corrected chi connectivity index (χ4v) is 2.50. The molecule has 0 heterocycles. The van der Waals surface area contributed by atoms with Crippen LogP contribution >= 0.6 is 11.6 Å². The summed E-state index contributed by atoms with van der Waals surface area (Å²) in [5.41, 5.74) is 1.98. The Morgan fingerprint density at radius 1 is 1.17 bits per heavy atom. The first kappa shape index (κ1) is 18.3. The van der Waals surface area contributed by atoms with Gasteiger partial charge in [0.25, 0.3) is 5.91 Å². The van der Waals surface area contributed by atoms with Crippen molar-refractivity contribution in [3.8, 4) is 5.75 Å². The molecule has 0 bridgehead atoms. The van der Waals surface area contributed by atoms with E-state index in [1.807, 2.05) is 31.2 Å². The van der Waals surface area contributed by atoms with E-state index in [-0.39, 0.29) is 11.3 Å². The third kappa shape index (κ3) is 5.00. The first-order chi connectivity index (χ1) is 11.3. The highest BCUT2D eigenvalue weighted by atomic mass is 35.5. The smallest absolute Gasteiger partial charge is 0.265 e. The van der Waals surface area contributed by atoms with Gasteiger partial charge in [0.15, 0.2) is 6.10 Å². The number of carbonyl (C=O) groups is 1. The van der Waals surface area contributed by atoms with Crippen LogP contribution in [0.5, 0.6) is 5.75 Å². The molecule has 2 aromatic rings. The Morgan fingerprint density at radius 3 is 2.38 bits per heavy atom. The van der Waals surface area contributed by atoms with E-state index in [1.165, 1.54) is 5.56 Å². The number of rotatable bonds is 5. The van der Waals surface area contributed by atoms with E-state index in [9.17, 15) is 4.79 Å². The lowest BCUT2D eigenvalue weighted by Crippen LogP contribution is -2.32. The number of hydrogen-bond acceptors (Lipinski definition) is 2. The molecule has 1 amide bonds. The van der Waals surface area contributed by atoms with Crippen molar-refractivity contribution in [2.45, 2.75) is 45.6 Å². The maximum Gasteiger partial charge on any atom is 0.265 e. The van der Waals surface area contributed by atoms with Crippen LogP contribution in [0, 0.1) is 0 Å². The summed E-state index contributed by atoms with van der Waals surface area (Å²) in [6.45, 7) is 8.41. The maximum absolute atomic E-state index is 12.4. The molecular weight excluding hydrogens is 322 g/mol. The highest BCUT2D eigenvalue weighted by Crippen LogP contribution is 2.25. The number of anilines is 1. The monoisotopic (exact) mass is 345 g/mol. The molecule has 0 unspecified atom stereocenters. The average Bonchev–Trinajstić information content (AvgIpc) is 2.52. The van der Waals surface area contributed by atoms with Crippen LogP contribution in [0.25, 0.3) is 0 Å². The van der Waals surface area contributed by atoms with Gasteiger partial charge in [-0.2, -0.15) is 0 Å². The fourth-order valence-electron chi connectivity index (χ4n) is 2.31. The first-order valence-corrected chi connectivity index (χ1v) is 8.51. The summed E-state index contributed by atoms with van der Waals surface area (Å²) in [5.74, 6) is 0.510. The molecule has 0 radical (unpaired) electrons. The van der Waals surface area contributed by atoms with E-state index in [0.717, 1.165) is 0 Å². The van der Waals surface area contributed by atoms with Gasteiger partial charge in [-0.25, -0.2) is 0 Å². The van der Waals surface area contributed by atoms with Crippen LogP contribution in [0.3, 0.4) is 0 Å². The minimum Gasteiger partial charge on any atom is -0.481 e. The summed E-state index contributed by atoms with van der Waals surface area (Å²) in [7, 11) is 0. The molecule has 0 spiro atoms. The molecule has 0 aliphatic carbocycles. The van der Waals surface area contributed by atoms with Gasteiger partial charge in [0.2, 0.25) is 0 Å². The molecule has 2 aromatic carbocycles. The summed E-state index contributed by atoms with van der Waals surface area (Å²) in [6, 6.07) is 15.0. The molecule has 2 rings (SSSR count). The van der Waals surface area contributed by atoms with E-state index in [1.54, 1.807) is 24.3 Å². The van der Waals surface area contributed by atoms with Gasteiger partial charge < -0.3 is 10.1 Å². The van der Waals surface area contributed by atoms with Crippen molar-refractivity contribution in [3.63, 3.8) is 0 Å². The molecule has 1 atom stereocenters. The van der Waals surface area contributed by atoms with Crippen LogP contribution in [-0.2, 0) is 10.2 Å². The number of ether oxygens (including phenoxy) is 1. The van der Waals surface area contributed by atoms with Gasteiger partial charge in [-0.1, -0.05) is 57.5 Å². The average molecular weight is 346 g/mol. The molecule has 0 saturated heterocycles. The Kier molecular flexibility index (Phi) is 5.89. The van der Waals surface area contributed by atoms with Crippen LogP contribution < -0.4 is 10.1 Å². The normalized spacial score (nSPS) is 12.5. The second-order valence-corrected chi connectivity index (χ2v) is 7.23. The van der Waals surface area contributed by atoms with Crippen LogP contribution in [-0.4, -0.2) is 12.0 Å². The van der Waals surface area contributed by atoms with E-state index in [2.05, 4.69) is 26.1 Å². The summed E-state index contributed by atoms with van der Waals surface area (Å²) < 4.78 is 5.85. The SMILES string of the molecule is CC[C@H](Oc1ccc(C(C)(C)C)cc1)C(=O)Nc1cccc(Cl)c1. The van der Waals surface area contributed by atoms with E-state index in [0.29, 0.717) is 22.9 Å². The van der Waals surface area contributed by atoms with Crippen molar-refractivity contribution in [1.82, 2.24) is 0 Å². The minimum atomic E-state index is -0.551. The Hall–Kier alpha value is -2.00. The third-order valence-corrected chi connectivity index (χ3v) is 3.99. The van der Waals surface area contributed by atoms with Crippen molar-refractivity contribution in [2.24, 2.45) is 0 Å². The second-order valence-electron chi connectivity index (χ2n) is 6.79. The molecule has 0 fully saturated rings. The second kappa shape index (κ2) is 7.71. The summed E-state index contributed by atoms with van der Waals surface area (Å²) >= 11 is 5.94. The Labute approximate surface area is 149 Å². The van der Waals surface area contributed by atoms with Gasteiger partial charge in [-0.05, 0) is 47.7 Å². The van der Waals surface area contributed by atoms with Gasteiger partial charge in [-0.3, -0.25) is 4.79 Å². The van der Waals surface area contributed by atoms with Gasteiger partial charge in [-0.15, -0.1) is 0 Å². The summed E-state index contributed by atoms with van der Waals surface area (Å²) in [4.78, 5) is 12.4. The Balaban J connectivity index is 2.04. The number of hydrogen-bond donors (Lipinski definition) is 1. The molecule has 4 heteroatoms. The lowest BCUT2D eigenvalue weighted by Gasteiger charge is -2.21. The van der Waals surface area contributed by atoms with Gasteiger partial charge in [0.05, 0.1) is 0 Å². The largest absolute Gasteiger partial charge is 0.481 e. The molecule has 0 aromatic heterocycles. The van der Waals surface area contributed by atoms with Crippen LogP contribution in [0.4, 0.5) is 5.69 Å². The quantitative estimate of drug-likeness (QED) is 0.784. The Morgan fingerprint density at radius 2 is 1.83 bits per heavy atom. The number of amides is 1. The summed E-state index contributed by atoms with van der Waals surface area (Å²) in [6.07, 6.45) is 0.0254. The van der Waals surface area contributed by atoms with E-state index < -0.39 is 6.10 Å². The predicted molar refractivity (Wildman–Crippen MR) is 99.9 cm³/mol. The topological polar surface area (TPSA) is 38.3 Å². The van der Waals surface area contributed by atoms with Gasteiger partial charge in [0.1, 0.15) is 5.75 Å². The van der Waals surface area contributed by atoms with Crippen molar-refractivity contribution in [3.05, 3.63) is 59.1 Å². The number of nitrogens with one attached hydrogen (secondary N) is 1. The van der Waals surface area contributed by atoms with Crippen molar-refractivity contribution in [1.29, 1.82) is 0 Å². The maximum atomic E-state index is 12.4. The molecule has 128 valence electrons. The number of benzene rings is 2. The molecule has 1 N–H and O–H groups in total. The zero-order valence-electron chi connectivity index (χ0n) is 14.6. The van der Waals surface area contributed by atoms with E-state index in [4.69, 9.17) is 16.3 Å². The fraction of sp³-hybridized carbons (Fsp3) is 0.350. The molecule has 0 aliphatic rings. The number of carbonyl (C=O) groups excluding carboxylic acids is 1. The molecule has 24 heavy (non-hydrogen) atoms. The van der Waals surface area contributed by atoms with Crippen molar-refractivity contribution in [2.75, 3.05) is 5.32 Å². The van der Waals surface area contributed by atoms with Gasteiger partial charge in [0, 0.05) is 10.7 Å². The van der Waals surface area contributed by atoms with E-state index >= 15 is 0 Å². The minimum absolute atomic E-state index is 0.0899. The standard InChI is InChI=1S/C20H24ClNO2/c1-5-18(19(23)22-16-8-6-7-15(21)13-16)24-17-11-9-14(10-12-17)20(2,3)4/h6-13,18H,5H2,1-4H3,(H,22,23)/t18-/m0/s1. The van der Waals surface area contributed by atoms with Crippen molar-refractivity contribution >= 4 is 23.2 Å². The van der Waals surface area contributed by atoms with Gasteiger partial charge >= 0.3 is 0 Å². The third-order valence-electron chi connectivity index (χ3n) is 3.75. The van der Waals surface area contributed by atoms with Crippen LogP contribution in [0.1, 0.15) is 39.7 Å². The lowest BCUT2D eigenvalue weighted by molar-refractivity contribution is -0.122. The number of halogens is 1. The van der Waals surface area contributed by atoms with Crippen LogP contribution in [0.15, 0.2) is 48.5 Å². The zero-order valence-corrected chi connectivity index (χ0v) is 15.4. The Bertz CT molecular complexity index is 690. The molecular formula is C20H24ClNO2.